The van der Waals surface area contributed by atoms with Gasteiger partial charge in [-0.2, -0.15) is 0 Å². The molecule has 1 saturated carbocycles. The molecule has 1 fully saturated rings. The molecule has 0 radical (unpaired) electrons. The van der Waals surface area contributed by atoms with Crippen LogP contribution in [-0.2, 0) is 13.2 Å². The second-order valence-corrected chi connectivity index (χ2v) is 5.65. The molecule has 2 aromatic rings. The maximum atomic E-state index is 5.86. The Labute approximate surface area is 136 Å². The predicted octanol–water partition coefficient (Wildman–Crippen LogP) is 4.59. The van der Waals surface area contributed by atoms with E-state index in [9.17, 15) is 0 Å². The summed E-state index contributed by atoms with van der Waals surface area (Å²) in [5, 5.41) is 4.25. The van der Waals surface area contributed by atoms with E-state index in [4.69, 9.17) is 16.3 Å². The Bertz CT molecular complexity index is 550. The van der Waals surface area contributed by atoms with Gasteiger partial charge in [-0.25, -0.2) is 0 Å². The van der Waals surface area contributed by atoms with Gasteiger partial charge in [0.25, 0.3) is 0 Å². The van der Waals surface area contributed by atoms with Crippen LogP contribution in [0.3, 0.4) is 0 Å². The molecule has 2 aromatic carbocycles. The van der Waals surface area contributed by atoms with Gasteiger partial charge in [-0.05, 0) is 48.2 Å². The summed E-state index contributed by atoms with van der Waals surface area (Å²) in [6.07, 6.45) is 2.64. The smallest absolute Gasteiger partial charge is 0.119 e. The van der Waals surface area contributed by atoms with Crippen molar-refractivity contribution in [2.45, 2.75) is 32.0 Å². The molecule has 0 heterocycles. The molecule has 0 aliphatic heterocycles. The minimum absolute atomic E-state index is 0. The van der Waals surface area contributed by atoms with Crippen LogP contribution >= 0.6 is 24.0 Å². The van der Waals surface area contributed by atoms with Crippen LogP contribution in [0.2, 0.25) is 5.02 Å². The SMILES string of the molecule is Cl.Clc1ccc(COc2ccc(CNC3CC3)cc2)cc1. The first-order chi connectivity index (χ1) is 9.79. The standard InChI is InChI=1S/C17H18ClNO.ClH/c18-15-5-1-14(2-6-15)12-20-17-9-3-13(4-10-17)11-19-16-7-8-16;/h1-6,9-10,16,19H,7-8,11-12H2;1H. The molecule has 1 aliphatic carbocycles. The van der Waals surface area contributed by atoms with Crippen LogP contribution in [0.25, 0.3) is 0 Å². The minimum Gasteiger partial charge on any atom is -0.489 e. The molecule has 4 heteroatoms. The number of halogens is 2. The van der Waals surface area contributed by atoms with Gasteiger partial charge in [0, 0.05) is 17.6 Å². The number of rotatable bonds is 6. The lowest BCUT2D eigenvalue weighted by atomic mass is 10.2. The van der Waals surface area contributed by atoms with Crippen molar-refractivity contribution >= 4 is 24.0 Å². The summed E-state index contributed by atoms with van der Waals surface area (Å²) in [6.45, 7) is 1.51. The Morgan fingerprint density at radius 1 is 0.952 bits per heavy atom. The van der Waals surface area contributed by atoms with Crippen molar-refractivity contribution in [2.75, 3.05) is 0 Å². The quantitative estimate of drug-likeness (QED) is 0.839. The Kier molecular flexibility index (Phi) is 5.92. The molecule has 21 heavy (non-hydrogen) atoms. The Hall–Kier alpha value is -1.22. The summed E-state index contributed by atoms with van der Waals surface area (Å²) >= 11 is 5.86. The molecule has 0 saturated heterocycles. The first-order valence-corrected chi connectivity index (χ1v) is 7.37. The molecule has 0 bridgehead atoms. The van der Waals surface area contributed by atoms with Gasteiger partial charge >= 0.3 is 0 Å². The van der Waals surface area contributed by atoms with Gasteiger partial charge in [0.2, 0.25) is 0 Å². The lowest BCUT2D eigenvalue weighted by molar-refractivity contribution is 0.306. The van der Waals surface area contributed by atoms with Crippen molar-refractivity contribution < 1.29 is 4.74 Å². The topological polar surface area (TPSA) is 21.3 Å². The van der Waals surface area contributed by atoms with Crippen molar-refractivity contribution in [3.8, 4) is 5.75 Å². The number of ether oxygens (including phenoxy) is 1. The van der Waals surface area contributed by atoms with Gasteiger partial charge in [0.1, 0.15) is 12.4 Å². The second kappa shape index (κ2) is 7.69. The molecular formula is C17H19Cl2NO. The highest BCUT2D eigenvalue weighted by atomic mass is 35.5. The summed E-state index contributed by atoms with van der Waals surface area (Å²) in [4.78, 5) is 0. The lowest BCUT2D eigenvalue weighted by Crippen LogP contribution is -2.15. The highest BCUT2D eigenvalue weighted by molar-refractivity contribution is 6.30. The van der Waals surface area contributed by atoms with Crippen LogP contribution in [-0.4, -0.2) is 6.04 Å². The molecule has 0 spiro atoms. The summed E-state index contributed by atoms with van der Waals surface area (Å²) < 4.78 is 5.76. The zero-order chi connectivity index (χ0) is 13.8. The van der Waals surface area contributed by atoms with Crippen LogP contribution in [0.1, 0.15) is 24.0 Å². The fourth-order valence-corrected chi connectivity index (χ4v) is 2.13. The molecule has 2 nitrogen and oxygen atoms in total. The highest BCUT2D eigenvalue weighted by Gasteiger charge is 2.19. The number of hydrogen-bond donors (Lipinski definition) is 1. The first kappa shape index (κ1) is 16.2. The number of benzene rings is 2. The van der Waals surface area contributed by atoms with E-state index in [1.165, 1.54) is 18.4 Å². The molecular weight excluding hydrogens is 305 g/mol. The maximum absolute atomic E-state index is 5.86. The molecule has 0 atom stereocenters. The second-order valence-electron chi connectivity index (χ2n) is 5.21. The van der Waals surface area contributed by atoms with Gasteiger partial charge in [0.15, 0.2) is 0 Å². The molecule has 112 valence electrons. The third-order valence-electron chi connectivity index (χ3n) is 3.41. The van der Waals surface area contributed by atoms with Crippen LogP contribution in [0.5, 0.6) is 5.75 Å². The fraction of sp³-hybridized carbons (Fsp3) is 0.294. The first-order valence-electron chi connectivity index (χ1n) is 6.99. The third-order valence-corrected chi connectivity index (χ3v) is 3.67. The molecule has 0 amide bonds. The average molecular weight is 324 g/mol. The van der Waals surface area contributed by atoms with Crippen molar-refractivity contribution in [1.29, 1.82) is 0 Å². The Morgan fingerprint density at radius 3 is 2.19 bits per heavy atom. The van der Waals surface area contributed by atoms with Crippen LogP contribution < -0.4 is 10.1 Å². The summed E-state index contributed by atoms with van der Waals surface area (Å²) in [7, 11) is 0. The summed E-state index contributed by atoms with van der Waals surface area (Å²) in [6, 6.07) is 16.8. The van der Waals surface area contributed by atoms with Crippen molar-refractivity contribution in [3.05, 3.63) is 64.7 Å². The molecule has 1 N–H and O–H groups in total. The van der Waals surface area contributed by atoms with Crippen LogP contribution in [0, 0.1) is 0 Å². The summed E-state index contributed by atoms with van der Waals surface area (Å²) in [5.41, 5.74) is 2.42. The van der Waals surface area contributed by atoms with Crippen LogP contribution in [0.4, 0.5) is 0 Å². The van der Waals surface area contributed by atoms with E-state index in [2.05, 4.69) is 17.4 Å². The number of hydrogen-bond acceptors (Lipinski definition) is 2. The molecule has 3 rings (SSSR count). The van der Waals surface area contributed by atoms with E-state index in [0.717, 1.165) is 28.9 Å². The Morgan fingerprint density at radius 2 is 1.57 bits per heavy atom. The van der Waals surface area contributed by atoms with Crippen molar-refractivity contribution in [1.82, 2.24) is 5.32 Å². The van der Waals surface area contributed by atoms with Gasteiger partial charge < -0.3 is 10.1 Å². The van der Waals surface area contributed by atoms with Gasteiger partial charge in [-0.1, -0.05) is 35.9 Å². The van der Waals surface area contributed by atoms with Crippen LogP contribution in [0.15, 0.2) is 48.5 Å². The van der Waals surface area contributed by atoms with E-state index in [0.29, 0.717) is 6.61 Å². The zero-order valence-electron chi connectivity index (χ0n) is 11.7. The maximum Gasteiger partial charge on any atom is 0.119 e. The molecule has 0 aromatic heterocycles. The van der Waals surface area contributed by atoms with E-state index >= 15 is 0 Å². The van der Waals surface area contributed by atoms with Gasteiger partial charge in [-0.3, -0.25) is 0 Å². The van der Waals surface area contributed by atoms with Crippen molar-refractivity contribution in [3.63, 3.8) is 0 Å². The predicted molar refractivity (Wildman–Crippen MR) is 89.3 cm³/mol. The summed E-state index contributed by atoms with van der Waals surface area (Å²) in [5.74, 6) is 0.898. The Balaban J connectivity index is 0.00000161. The zero-order valence-corrected chi connectivity index (χ0v) is 13.3. The van der Waals surface area contributed by atoms with E-state index in [1.54, 1.807) is 0 Å². The largest absolute Gasteiger partial charge is 0.489 e. The average Bonchev–Trinajstić information content (AvgIpc) is 3.30. The van der Waals surface area contributed by atoms with Crippen molar-refractivity contribution in [2.24, 2.45) is 0 Å². The highest BCUT2D eigenvalue weighted by Crippen LogP contribution is 2.20. The molecule has 0 unspecified atom stereocenters. The monoisotopic (exact) mass is 323 g/mol. The fourth-order valence-electron chi connectivity index (χ4n) is 2.00. The normalized spacial score (nSPS) is 13.6. The number of nitrogens with one attached hydrogen (secondary N) is 1. The minimum atomic E-state index is 0. The lowest BCUT2D eigenvalue weighted by Gasteiger charge is -2.08. The van der Waals surface area contributed by atoms with Gasteiger partial charge in [0.05, 0.1) is 0 Å². The van der Waals surface area contributed by atoms with E-state index in [1.807, 2.05) is 36.4 Å². The van der Waals surface area contributed by atoms with E-state index in [-0.39, 0.29) is 12.4 Å². The molecule has 1 aliphatic rings. The van der Waals surface area contributed by atoms with E-state index < -0.39 is 0 Å². The third kappa shape index (κ3) is 5.24. The van der Waals surface area contributed by atoms with Gasteiger partial charge in [-0.15, -0.1) is 12.4 Å².